The predicted molar refractivity (Wildman–Crippen MR) is 66.8 cm³/mol. The van der Waals surface area contributed by atoms with Crippen LogP contribution in [0.2, 0.25) is 0 Å². The topological polar surface area (TPSA) is 26.3 Å². The Labute approximate surface area is 104 Å². The van der Waals surface area contributed by atoms with Gasteiger partial charge in [0.1, 0.15) is 5.78 Å². The van der Waals surface area contributed by atoms with E-state index in [1.165, 1.54) is 44.9 Å². The third kappa shape index (κ3) is 2.42. The Hall–Kier alpha value is -0.370. The van der Waals surface area contributed by atoms with E-state index in [9.17, 15) is 4.79 Å². The fourth-order valence-corrected chi connectivity index (χ4v) is 3.82. The number of carbonyl (C=O) groups is 1. The molecule has 0 aromatic carbocycles. The van der Waals surface area contributed by atoms with Gasteiger partial charge in [-0.1, -0.05) is 32.1 Å². The Balaban J connectivity index is 1.56. The molecule has 0 bridgehead atoms. The lowest BCUT2D eigenvalue weighted by molar-refractivity contribution is -0.137. The van der Waals surface area contributed by atoms with E-state index in [-0.39, 0.29) is 5.60 Å². The molecule has 1 spiro atoms. The third-order valence-corrected chi connectivity index (χ3v) is 5.18. The van der Waals surface area contributed by atoms with Crippen LogP contribution < -0.4 is 0 Å². The molecule has 2 nitrogen and oxygen atoms in total. The highest BCUT2D eigenvalue weighted by Crippen LogP contribution is 2.43. The van der Waals surface area contributed by atoms with Crippen LogP contribution in [0.15, 0.2) is 0 Å². The molecular formula is C15H24O2. The van der Waals surface area contributed by atoms with E-state index in [4.69, 9.17) is 4.74 Å². The Morgan fingerprint density at radius 2 is 1.88 bits per heavy atom. The molecule has 1 saturated heterocycles. The first kappa shape index (κ1) is 11.7. The number of Topliss-reactive ketones (excluding diaryl/α,β-unsaturated/α-hetero) is 1. The van der Waals surface area contributed by atoms with Crippen molar-refractivity contribution >= 4 is 5.78 Å². The molecule has 3 fully saturated rings. The summed E-state index contributed by atoms with van der Waals surface area (Å²) < 4.78 is 6.00. The molecule has 0 N–H and O–H groups in total. The maximum absolute atomic E-state index is 12.3. The van der Waals surface area contributed by atoms with Crippen molar-refractivity contribution in [3.05, 3.63) is 0 Å². The molecule has 1 heterocycles. The molecule has 1 aliphatic heterocycles. The summed E-state index contributed by atoms with van der Waals surface area (Å²) in [5.74, 6) is 1.59. The van der Waals surface area contributed by atoms with Crippen molar-refractivity contribution in [1.29, 1.82) is 0 Å². The lowest BCUT2D eigenvalue weighted by atomic mass is 9.76. The fourth-order valence-electron chi connectivity index (χ4n) is 3.82. The Morgan fingerprint density at radius 1 is 1.12 bits per heavy atom. The highest BCUT2D eigenvalue weighted by Gasteiger charge is 2.42. The molecule has 2 saturated carbocycles. The van der Waals surface area contributed by atoms with E-state index < -0.39 is 0 Å². The van der Waals surface area contributed by atoms with Gasteiger partial charge in [-0.2, -0.15) is 0 Å². The maximum Gasteiger partial charge on any atom is 0.136 e. The van der Waals surface area contributed by atoms with E-state index in [1.807, 2.05) is 0 Å². The average Bonchev–Trinajstić information content (AvgIpc) is 2.71. The van der Waals surface area contributed by atoms with Gasteiger partial charge in [-0.3, -0.25) is 4.79 Å². The van der Waals surface area contributed by atoms with Crippen LogP contribution in [0.25, 0.3) is 0 Å². The molecule has 0 aromatic heterocycles. The summed E-state index contributed by atoms with van der Waals surface area (Å²) in [5.41, 5.74) is 0.109. The van der Waals surface area contributed by atoms with Crippen LogP contribution in [-0.4, -0.2) is 18.0 Å². The minimum absolute atomic E-state index is 0.109. The average molecular weight is 236 g/mol. The lowest BCUT2D eigenvalue weighted by Crippen LogP contribution is -2.40. The van der Waals surface area contributed by atoms with E-state index in [0.29, 0.717) is 11.7 Å². The van der Waals surface area contributed by atoms with E-state index in [2.05, 4.69) is 0 Å². The van der Waals surface area contributed by atoms with Gasteiger partial charge in [0.25, 0.3) is 0 Å². The van der Waals surface area contributed by atoms with Gasteiger partial charge in [-0.15, -0.1) is 0 Å². The molecule has 0 aromatic rings. The molecular weight excluding hydrogens is 212 g/mol. The Kier molecular flexibility index (Phi) is 3.25. The largest absolute Gasteiger partial charge is 0.375 e. The zero-order valence-electron chi connectivity index (χ0n) is 10.7. The second kappa shape index (κ2) is 4.72. The van der Waals surface area contributed by atoms with Crippen molar-refractivity contribution in [2.24, 2.45) is 11.8 Å². The predicted octanol–water partition coefficient (Wildman–Crippen LogP) is 3.49. The summed E-state index contributed by atoms with van der Waals surface area (Å²) in [6, 6.07) is 0. The molecule has 3 rings (SSSR count). The fraction of sp³-hybridized carbons (Fsp3) is 0.933. The first-order valence-corrected chi connectivity index (χ1v) is 7.44. The molecule has 2 aliphatic carbocycles. The van der Waals surface area contributed by atoms with Crippen LogP contribution in [0, 0.1) is 11.8 Å². The number of rotatable bonds is 3. The molecule has 2 heteroatoms. The molecule has 17 heavy (non-hydrogen) atoms. The number of hydrogen-bond donors (Lipinski definition) is 0. The van der Waals surface area contributed by atoms with Crippen LogP contribution in [-0.2, 0) is 9.53 Å². The van der Waals surface area contributed by atoms with E-state index in [1.54, 1.807) is 0 Å². The monoisotopic (exact) mass is 236 g/mol. The third-order valence-electron chi connectivity index (χ3n) is 5.18. The van der Waals surface area contributed by atoms with Gasteiger partial charge in [0.2, 0.25) is 0 Å². The van der Waals surface area contributed by atoms with Crippen molar-refractivity contribution in [3.63, 3.8) is 0 Å². The molecule has 1 atom stereocenters. The zero-order chi connectivity index (χ0) is 11.7. The minimum Gasteiger partial charge on any atom is -0.375 e. The summed E-state index contributed by atoms with van der Waals surface area (Å²) in [6.45, 7) is 0.821. The van der Waals surface area contributed by atoms with Gasteiger partial charge in [-0.05, 0) is 31.6 Å². The Bertz CT molecular complexity index is 287. The second-order valence-electron chi connectivity index (χ2n) is 6.40. The summed E-state index contributed by atoms with van der Waals surface area (Å²) >= 11 is 0. The first-order valence-electron chi connectivity index (χ1n) is 7.44. The molecule has 1 unspecified atom stereocenters. The second-order valence-corrected chi connectivity index (χ2v) is 6.40. The van der Waals surface area contributed by atoms with Crippen molar-refractivity contribution < 1.29 is 9.53 Å². The molecule has 96 valence electrons. The summed E-state index contributed by atoms with van der Waals surface area (Å²) in [7, 11) is 0. The van der Waals surface area contributed by atoms with Gasteiger partial charge in [-0.25, -0.2) is 0 Å². The SMILES string of the molecule is O=C(CC1CCC1)C1CCOC2(CCCC2)C1. The standard InChI is InChI=1S/C15H24O2/c16-14(10-12-4-3-5-12)13-6-9-17-15(11-13)7-1-2-8-15/h12-13H,1-11H2. The van der Waals surface area contributed by atoms with Crippen molar-refractivity contribution in [2.75, 3.05) is 6.61 Å². The zero-order valence-corrected chi connectivity index (χ0v) is 10.7. The number of carbonyl (C=O) groups excluding carboxylic acids is 1. The van der Waals surface area contributed by atoms with Crippen LogP contribution in [0.5, 0.6) is 0 Å². The molecule has 0 radical (unpaired) electrons. The highest BCUT2D eigenvalue weighted by atomic mass is 16.5. The number of hydrogen-bond acceptors (Lipinski definition) is 2. The van der Waals surface area contributed by atoms with Crippen molar-refractivity contribution in [3.8, 4) is 0 Å². The highest BCUT2D eigenvalue weighted by molar-refractivity contribution is 5.81. The van der Waals surface area contributed by atoms with Gasteiger partial charge >= 0.3 is 0 Å². The van der Waals surface area contributed by atoms with Gasteiger partial charge in [0.05, 0.1) is 5.60 Å². The summed E-state index contributed by atoms with van der Waals surface area (Å²) in [6.07, 6.45) is 11.8. The number of ketones is 1. The summed E-state index contributed by atoms with van der Waals surface area (Å²) in [4.78, 5) is 12.3. The van der Waals surface area contributed by atoms with Crippen molar-refractivity contribution in [1.82, 2.24) is 0 Å². The van der Waals surface area contributed by atoms with E-state index >= 15 is 0 Å². The molecule has 3 aliphatic rings. The van der Waals surface area contributed by atoms with Crippen LogP contribution in [0.4, 0.5) is 0 Å². The number of ether oxygens (including phenoxy) is 1. The van der Waals surface area contributed by atoms with Gasteiger partial charge in [0, 0.05) is 18.9 Å². The van der Waals surface area contributed by atoms with Crippen LogP contribution in [0.3, 0.4) is 0 Å². The van der Waals surface area contributed by atoms with Gasteiger partial charge < -0.3 is 4.74 Å². The lowest BCUT2D eigenvalue weighted by Gasteiger charge is -2.38. The van der Waals surface area contributed by atoms with Gasteiger partial charge in [0.15, 0.2) is 0 Å². The minimum atomic E-state index is 0.109. The van der Waals surface area contributed by atoms with E-state index in [0.717, 1.165) is 31.8 Å². The quantitative estimate of drug-likeness (QED) is 0.750. The van der Waals surface area contributed by atoms with Crippen molar-refractivity contribution in [2.45, 2.75) is 69.8 Å². The smallest absolute Gasteiger partial charge is 0.136 e. The van der Waals surface area contributed by atoms with Crippen LogP contribution >= 0.6 is 0 Å². The normalized spacial score (nSPS) is 32.6. The summed E-state index contributed by atoms with van der Waals surface area (Å²) in [5, 5.41) is 0. The Morgan fingerprint density at radius 3 is 2.53 bits per heavy atom. The molecule has 0 amide bonds. The first-order chi connectivity index (χ1) is 8.27. The maximum atomic E-state index is 12.3. The van der Waals surface area contributed by atoms with Crippen LogP contribution in [0.1, 0.15) is 64.2 Å².